The van der Waals surface area contributed by atoms with Crippen molar-refractivity contribution in [2.75, 3.05) is 5.75 Å². The first-order valence-corrected chi connectivity index (χ1v) is 6.01. The number of nitrogens with one attached hydrogen (secondary N) is 1. The molecule has 82 valence electrons. The van der Waals surface area contributed by atoms with Crippen LogP contribution in [-0.4, -0.2) is 11.6 Å². The Bertz CT molecular complexity index is 352. The average Bonchev–Trinajstić information content (AvgIpc) is 2.20. The van der Waals surface area contributed by atoms with Gasteiger partial charge in [-0.25, -0.2) is 4.39 Å². The van der Waals surface area contributed by atoms with Gasteiger partial charge in [0.15, 0.2) is 0 Å². The average molecular weight is 226 g/mol. The molecular weight excluding hydrogens is 211 g/mol. The first-order chi connectivity index (χ1) is 7.15. The number of nitrogen functional groups attached to an aromatic ring is 1. The van der Waals surface area contributed by atoms with Crippen molar-refractivity contribution in [3.8, 4) is 0 Å². The number of amidine groups is 1. The minimum atomic E-state index is -0.272. The zero-order valence-corrected chi connectivity index (χ0v) is 9.53. The van der Waals surface area contributed by atoms with E-state index in [1.807, 2.05) is 0 Å². The molecule has 0 unspecified atom stereocenters. The van der Waals surface area contributed by atoms with E-state index in [1.54, 1.807) is 23.9 Å². The van der Waals surface area contributed by atoms with Crippen molar-refractivity contribution in [2.45, 2.75) is 19.1 Å². The summed E-state index contributed by atoms with van der Waals surface area (Å²) in [4.78, 5) is 0. The van der Waals surface area contributed by atoms with E-state index in [9.17, 15) is 4.39 Å². The second-order valence-electron chi connectivity index (χ2n) is 3.27. The highest BCUT2D eigenvalue weighted by atomic mass is 32.2. The highest BCUT2D eigenvalue weighted by molar-refractivity contribution is 7.98. The van der Waals surface area contributed by atoms with Crippen LogP contribution < -0.4 is 5.73 Å². The standard InChI is InChI=1S/C11H15FN2S/c1-2-5-15-7-9-4-3-8(11(13)14)6-10(9)12/h3-4,6H,2,5,7H2,1H3,(H3,13,14). The van der Waals surface area contributed by atoms with Crippen molar-refractivity contribution in [2.24, 2.45) is 5.73 Å². The van der Waals surface area contributed by atoms with E-state index in [0.717, 1.165) is 12.2 Å². The number of nitrogens with two attached hydrogens (primary N) is 1. The number of hydrogen-bond acceptors (Lipinski definition) is 2. The van der Waals surface area contributed by atoms with E-state index in [0.29, 0.717) is 16.9 Å². The van der Waals surface area contributed by atoms with Crippen LogP contribution in [0.5, 0.6) is 0 Å². The fourth-order valence-corrected chi connectivity index (χ4v) is 2.05. The van der Waals surface area contributed by atoms with Crippen molar-refractivity contribution in [3.63, 3.8) is 0 Å². The predicted octanol–water partition coefficient (Wildman–Crippen LogP) is 2.75. The van der Waals surface area contributed by atoms with Gasteiger partial charge in [0, 0.05) is 11.3 Å². The normalized spacial score (nSPS) is 10.3. The van der Waals surface area contributed by atoms with Gasteiger partial charge in [-0.2, -0.15) is 11.8 Å². The van der Waals surface area contributed by atoms with Gasteiger partial charge in [0.2, 0.25) is 0 Å². The molecule has 0 bridgehead atoms. The van der Waals surface area contributed by atoms with Crippen molar-refractivity contribution in [3.05, 3.63) is 35.1 Å². The molecule has 1 aromatic carbocycles. The van der Waals surface area contributed by atoms with Gasteiger partial charge in [0.25, 0.3) is 0 Å². The lowest BCUT2D eigenvalue weighted by molar-refractivity contribution is 0.617. The van der Waals surface area contributed by atoms with Crippen molar-refractivity contribution >= 4 is 17.6 Å². The molecule has 0 heterocycles. The summed E-state index contributed by atoms with van der Waals surface area (Å²) in [6.45, 7) is 2.10. The van der Waals surface area contributed by atoms with Crippen LogP contribution in [0.15, 0.2) is 18.2 Å². The van der Waals surface area contributed by atoms with Crippen LogP contribution in [0.4, 0.5) is 4.39 Å². The van der Waals surface area contributed by atoms with Gasteiger partial charge >= 0.3 is 0 Å². The number of hydrogen-bond donors (Lipinski definition) is 2. The highest BCUT2D eigenvalue weighted by Crippen LogP contribution is 2.17. The molecule has 2 nitrogen and oxygen atoms in total. The molecule has 4 heteroatoms. The van der Waals surface area contributed by atoms with Crippen LogP contribution in [0, 0.1) is 11.2 Å². The molecular formula is C11H15FN2S. The van der Waals surface area contributed by atoms with Crippen molar-refractivity contribution in [1.29, 1.82) is 5.41 Å². The third-order valence-corrected chi connectivity index (χ3v) is 3.18. The van der Waals surface area contributed by atoms with Crippen LogP contribution in [-0.2, 0) is 5.75 Å². The molecule has 0 aliphatic rings. The smallest absolute Gasteiger partial charge is 0.127 e. The molecule has 0 saturated carbocycles. The molecule has 0 aromatic heterocycles. The quantitative estimate of drug-likeness (QED) is 0.461. The maximum atomic E-state index is 13.5. The summed E-state index contributed by atoms with van der Waals surface area (Å²) >= 11 is 1.71. The Morgan fingerprint density at radius 1 is 1.53 bits per heavy atom. The highest BCUT2D eigenvalue weighted by Gasteiger charge is 2.04. The molecule has 1 aromatic rings. The zero-order chi connectivity index (χ0) is 11.3. The van der Waals surface area contributed by atoms with Crippen molar-refractivity contribution < 1.29 is 4.39 Å². The molecule has 0 amide bonds. The fourth-order valence-electron chi connectivity index (χ4n) is 1.16. The van der Waals surface area contributed by atoms with Gasteiger partial charge in [-0.05, 0) is 23.8 Å². The minimum absolute atomic E-state index is 0.0957. The lowest BCUT2D eigenvalue weighted by Gasteiger charge is -2.04. The van der Waals surface area contributed by atoms with E-state index in [4.69, 9.17) is 11.1 Å². The van der Waals surface area contributed by atoms with E-state index >= 15 is 0 Å². The SMILES string of the molecule is CCCSCc1ccc(C(=N)N)cc1F. The van der Waals surface area contributed by atoms with E-state index in [-0.39, 0.29) is 11.7 Å². The van der Waals surface area contributed by atoms with Gasteiger partial charge in [0.05, 0.1) is 0 Å². The van der Waals surface area contributed by atoms with Gasteiger partial charge in [0.1, 0.15) is 11.7 Å². The van der Waals surface area contributed by atoms with Gasteiger partial charge < -0.3 is 5.73 Å². The molecule has 0 spiro atoms. The molecule has 1 rings (SSSR count). The Hall–Kier alpha value is -1.03. The van der Waals surface area contributed by atoms with Crippen LogP contribution in [0.25, 0.3) is 0 Å². The molecule has 0 atom stereocenters. The third kappa shape index (κ3) is 3.55. The van der Waals surface area contributed by atoms with Crippen LogP contribution in [0.3, 0.4) is 0 Å². The maximum Gasteiger partial charge on any atom is 0.127 e. The summed E-state index contributed by atoms with van der Waals surface area (Å²) < 4.78 is 13.5. The molecule has 15 heavy (non-hydrogen) atoms. The lowest BCUT2D eigenvalue weighted by Crippen LogP contribution is -2.11. The summed E-state index contributed by atoms with van der Waals surface area (Å²) in [5.74, 6) is 1.35. The van der Waals surface area contributed by atoms with Gasteiger partial charge in [-0.3, -0.25) is 5.41 Å². The largest absolute Gasteiger partial charge is 0.384 e. The molecule has 0 radical (unpaired) electrons. The molecule has 0 fully saturated rings. The van der Waals surface area contributed by atoms with Crippen LogP contribution in [0.2, 0.25) is 0 Å². The van der Waals surface area contributed by atoms with Gasteiger partial charge in [-0.15, -0.1) is 0 Å². The fraction of sp³-hybridized carbons (Fsp3) is 0.364. The summed E-state index contributed by atoms with van der Waals surface area (Å²) in [7, 11) is 0. The summed E-state index contributed by atoms with van der Waals surface area (Å²) in [5.41, 5.74) is 6.39. The first-order valence-electron chi connectivity index (χ1n) is 4.85. The number of thioether (sulfide) groups is 1. The number of halogens is 1. The number of rotatable bonds is 5. The predicted molar refractivity (Wildman–Crippen MR) is 63.9 cm³/mol. The summed E-state index contributed by atoms with van der Waals surface area (Å²) in [6, 6.07) is 4.71. The molecule has 0 saturated heterocycles. The maximum absolute atomic E-state index is 13.5. The first kappa shape index (κ1) is 12.0. The number of benzene rings is 1. The Balaban J connectivity index is 2.70. The van der Waals surface area contributed by atoms with E-state index in [1.165, 1.54) is 6.07 Å². The minimum Gasteiger partial charge on any atom is -0.384 e. The van der Waals surface area contributed by atoms with Gasteiger partial charge in [-0.1, -0.05) is 19.1 Å². The van der Waals surface area contributed by atoms with Crippen LogP contribution in [0.1, 0.15) is 24.5 Å². The van der Waals surface area contributed by atoms with Crippen molar-refractivity contribution in [1.82, 2.24) is 0 Å². The Labute approximate surface area is 93.6 Å². The summed E-state index contributed by atoms with van der Waals surface area (Å²) in [6.07, 6.45) is 1.10. The molecule has 0 aliphatic heterocycles. The third-order valence-electron chi connectivity index (χ3n) is 1.97. The van der Waals surface area contributed by atoms with Crippen LogP contribution >= 0.6 is 11.8 Å². The van der Waals surface area contributed by atoms with E-state index in [2.05, 4.69) is 6.92 Å². The lowest BCUT2D eigenvalue weighted by atomic mass is 10.1. The zero-order valence-electron chi connectivity index (χ0n) is 8.72. The van der Waals surface area contributed by atoms with E-state index < -0.39 is 0 Å². The Morgan fingerprint density at radius 2 is 2.27 bits per heavy atom. The Kier molecular flexibility index (Phi) is 4.62. The topological polar surface area (TPSA) is 49.9 Å². The molecule has 0 aliphatic carbocycles. The Morgan fingerprint density at radius 3 is 2.80 bits per heavy atom. The molecule has 3 N–H and O–H groups in total. The summed E-state index contributed by atoms with van der Waals surface area (Å²) in [5, 5.41) is 7.18. The monoisotopic (exact) mass is 226 g/mol. The second kappa shape index (κ2) is 5.75. The second-order valence-corrected chi connectivity index (χ2v) is 4.38.